The fourth-order valence-corrected chi connectivity index (χ4v) is 4.37. The fraction of sp³-hybridized carbons (Fsp3) is 0.148. The van der Waals surface area contributed by atoms with E-state index in [9.17, 15) is 9.59 Å². The molecule has 0 saturated heterocycles. The Morgan fingerprint density at radius 1 is 0.750 bits per heavy atom. The van der Waals surface area contributed by atoms with E-state index >= 15 is 0 Å². The molecule has 9 heteroatoms. The topological polar surface area (TPSA) is 73.8 Å². The highest BCUT2D eigenvalue weighted by Crippen LogP contribution is 2.20. The molecule has 5 rings (SSSR count). The second-order valence-electron chi connectivity index (χ2n) is 8.52. The molecule has 182 valence electrons. The summed E-state index contributed by atoms with van der Waals surface area (Å²) in [6, 6.07) is 24.4. The Hall–Kier alpha value is -3.81. The molecule has 0 atom stereocenters. The van der Waals surface area contributed by atoms with Crippen molar-refractivity contribution >= 4 is 40.3 Å². The molecule has 0 saturated carbocycles. The Balaban J connectivity index is 1.64. The lowest BCUT2D eigenvalue weighted by molar-refractivity contribution is 0.653. The summed E-state index contributed by atoms with van der Waals surface area (Å²) >= 11 is 12.1. The zero-order chi connectivity index (χ0) is 25.2. The SMILES string of the molecule is Cn1c(=O)n(Cc2ccc(Cl)cc2)c(=O)c2c1nc(NCc1ccccc1)n2Cc1ccc(Cl)cc1. The third-order valence-corrected chi connectivity index (χ3v) is 6.54. The van der Waals surface area contributed by atoms with Gasteiger partial charge in [-0.05, 0) is 41.0 Å². The predicted octanol–water partition coefficient (Wildman–Crippen LogP) is 4.91. The van der Waals surface area contributed by atoms with Gasteiger partial charge in [-0.3, -0.25) is 18.5 Å². The van der Waals surface area contributed by atoms with Crippen LogP contribution in [0.3, 0.4) is 0 Å². The van der Waals surface area contributed by atoms with Gasteiger partial charge in [-0.1, -0.05) is 77.8 Å². The lowest BCUT2D eigenvalue weighted by Crippen LogP contribution is -2.40. The standard InChI is InChI=1S/C27H23Cl2N5O2/c1-32-24-23(25(35)34(27(32)36)17-20-9-13-22(29)14-10-20)33(16-19-7-11-21(28)12-8-19)26(31-24)30-15-18-5-3-2-4-6-18/h2-14H,15-17H2,1H3,(H,30,31). The zero-order valence-corrected chi connectivity index (χ0v) is 21.0. The van der Waals surface area contributed by atoms with Crippen LogP contribution in [0.1, 0.15) is 16.7 Å². The van der Waals surface area contributed by atoms with Crippen molar-refractivity contribution in [3.8, 4) is 0 Å². The second-order valence-corrected chi connectivity index (χ2v) is 9.39. The summed E-state index contributed by atoms with van der Waals surface area (Å²) in [5.41, 5.74) is 2.63. The van der Waals surface area contributed by atoms with Crippen molar-refractivity contribution in [2.75, 3.05) is 5.32 Å². The van der Waals surface area contributed by atoms with Gasteiger partial charge in [0.05, 0.1) is 13.1 Å². The maximum absolute atomic E-state index is 13.7. The minimum absolute atomic E-state index is 0.123. The molecular formula is C27H23Cl2N5O2. The number of hydrogen-bond acceptors (Lipinski definition) is 4. The summed E-state index contributed by atoms with van der Waals surface area (Å²) in [4.78, 5) is 31.6. The van der Waals surface area contributed by atoms with E-state index in [1.165, 1.54) is 9.13 Å². The first kappa shape index (κ1) is 23.9. The van der Waals surface area contributed by atoms with E-state index < -0.39 is 11.2 Å². The van der Waals surface area contributed by atoms with Gasteiger partial charge in [-0.25, -0.2) is 4.79 Å². The first-order valence-corrected chi connectivity index (χ1v) is 12.1. The molecule has 2 heterocycles. The van der Waals surface area contributed by atoms with Crippen LogP contribution in [0.15, 0.2) is 88.5 Å². The summed E-state index contributed by atoms with van der Waals surface area (Å²) in [6.45, 7) is 1.01. The maximum atomic E-state index is 13.7. The smallest absolute Gasteiger partial charge is 0.332 e. The van der Waals surface area contributed by atoms with Gasteiger partial charge in [0.1, 0.15) is 0 Å². The van der Waals surface area contributed by atoms with Crippen LogP contribution < -0.4 is 16.6 Å². The zero-order valence-electron chi connectivity index (χ0n) is 19.5. The molecule has 36 heavy (non-hydrogen) atoms. The van der Waals surface area contributed by atoms with Gasteiger partial charge in [0, 0.05) is 23.6 Å². The van der Waals surface area contributed by atoms with Gasteiger partial charge >= 0.3 is 5.69 Å². The number of benzene rings is 3. The number of aryl methyl sites for hydroxylation is 1. The Bertz CT molecular complexity index is 1640. The molecule has 0 unspecified atom stereocenters. The first-order chi connectivity index (χ1) is 17.4. The Kier molecular flexibility index (Phi) is 6.67. The molecule has 1 N–H and O–H groups in total. The summed E-state index contributed by atoms with van der Waals surface area (Å²) in [5, 5.41) is 4.56. The molecule has 0 radical (unpaired) electrons. The molecule has 0 fully saturated rings. The van der Waals surface area contributed by atoms with E-state index in [0.717, 1.165) is 16.7 Å². The van der Waals surface area contributed by atoms with Crippen LogP contribution in [-0.4, -0.2) is 18.7 Å². The average Bonchev–Trinajstić information content (AvgIpc) is 3.25. The molecule has 2 aromatic heterocycles. The van der Waals surface area contributed by atoms with Crippen molar-refractivity contribution in [2.45, 2.75) is 19.6 Å². The van der Waals surface area contributed by atoms with Gasteiger partial charge in [0.25, 0.3) is 5.56 Å². The highest BCUT2D eigenvalue weighted by molar-refractivity contribution is 6.30. The summed E-state index contributed by atoms with van der Waals surface area (Å²) in [5.74, 6) is 0.500. The van der Waals surface area contributed by atoms with E-state index in [0.29, 0.717) is 40.2 Å². The quantitative estimate of drug-likeness (QED) is 0.331. The second kappa shape index (κ2) is 10.0. The van der Waals surface area contributed by atoms with Gasteiger partial charge in [0.15, 0.2) is 11.2 Å². The molecule has 7 nitrogen and oxygen atoms in total. The van der Waals surface area contributed by atoms with E-state index in [-0.39, 0.29) is 6.54 Å². The first-order valence-electron chi connectivity index (χ1n) is 11.4. The van der Waals surface area contributed by atoms with Crippen molar-refractivity contribution in [1.29, 1.82) is 0 Å². The van der Waals surface area contributed by atoms with Crippen LogP contribution in [0.4, 0.5) is 5.95 Å². The number of fused-ring (bicyclic) bond motifs is 1. The fourth-order valence-electron chi connectivity index (χ4n) is 4.12. The molecule has 0 spiro atoms. The van der Waals surface area contributed by atoms with E-state index in [4.69, 9.17) is 23.2 Å². The normalized spacial score (nSPS) is 11.2. The maximum Gasteiger partial charge on any atom is 0.332 e. The molecule has 0 aliphatic heterocycles. The van der Waals surface area contributed by atoms with E-state index in [1.807, 2.05) is 59.2 Å². The lowest BCUT2D eigenvalue weighted by atomic mass is 10.2. The number of imidazole rings is 1. The summed E-state index contributed by atoms with van der Waals surface area (Å²) < 4.78 is 4.47. The lowest BCUT2D eigenvalue weighted by Gasteiger charge is -2.12. The monoisotopic (exact) mass is 519 g/mol. The van der Waals surface area contributed by atoms with Crippen molar-refractivity contribution in [3.63, 3.8) is 0 Å². The Morgan fingerprint density at radius 2 is 1.31 bits per heavy atom. The largest absolute Gasteiger partial charge is 0.351 e. The third-order valence-electron chi connectivity index (χ3n) is 6.03. The molecule has 0 amide bonds. The van der Waals surface area contributed by atoms with E-state index in [1.54, 1.807) is 31.3 Å². The van der Waals surface area contributed by atoms with Crippen LogP contribution in [0.2, 0.25) is 10.0 Å². The Morgan fingerprint density at radius 3 is 1.89 bits per heavy atom. The number of nitrogens with one attached hydrogen (secondary N) is 1. The van der Waals surface area contributed by atoms with Gasteiger partial charge in [0.2, 0.25) is 5.95 Å². The highest BCUT2D eigenvalue weighted by atomic mass is 35.5. The predicted molar refractivity (Wildman–Crippen MR) is 144 cm³/mol. The molecule has 3 aromatic carbocycles. The summed E-state index contributed by atoms with van der Waals surface area (Å²) in [6.07, 6.45) is 0. The molecule has 0 aliphatic carbocycles. The minimum Gasteiger partial charge on any atom is -0.351 e. The number of hydrogen-bond donors (Lipinski definition) is 1. The summed E-state index contributed by atoms with van der Waals surface area (Å²) in [7, 11) is 1.63. The van der Waals surface area contributed by atoms with Crippen LogP contribution in [-0.2, 0) is 26.7 Å². The third kappa shape index (κ3) is 4.80. The van der Waals surface area contributed by atoms with Crippen molar-refractivity contribution in [3.05, 3.63) is 126 Å². The molecular weight excluding hydrogens is 497 g/mol. The van der Waals surface area contributed by atoms with Crippen LogP contribution in [0.25, 0.3) is 11.2 Å². The highest BCUT2D eigenvalue weighted by Gasteiger charge is 2.21. The number of nitrogens with zero attached hydrogens (tertiary/aromatic N) is 4. The van der Waals surface area contributed by atoms with Crippen LogP contribution in [0.5, 0.6) is 0 Å². The number of aromatic nitrogens is 4. The number of halogens is 2. The van der Waals surface area contributed by atoms with Crippen molar-refractivity contribution in [1.82, 2.24) is 18.7 Å². The van der Waals surface area contributed by atoms with Crippen molar-refractivity contribution in [2.24, 2.45) is 7.05 Å². The number of anilines is 1. The van der Waals surface area contributed by atoms with Gasteiger partial charge < -0.3 is 5.32 Å². The Labute approximate surface area is 217 Å². The number of rotatable bonds is 7. The molecule has 5 aromatic rings. The van der Waals surface area contributed by atoms with Gasteiger partial charge in [-0.2, -0.15) is 4.98 Å². The van der Waals surface area contributed by atoms with Crippen LogP contribution >= 0.6 is 23.2 Å². The van der Waals surface area contributed by atoms with Gasteiger partial charge in [-0.15, -0.1) is 0 Å². The van der Waals surface area contributed by atoms with Crippen LogP contribution in [0, 0.1) is 0 Å². The van der Waals surface area contributed by atoms with Crippen molar-refractivity contribution < 1.29 is 0 Å². The average molecular weight is 520 g/mol. The van der Waals surface area contributed by atoms with E-state index in [2.05, 4.69) is 10.3 Å². The minimum atomic E-state index is -0.437. The molecule has 0 aliphatic rings. The molecule has 0 bridgehead atoms.